The molecule has 1 aromatic carbocycles. The van der Waals surface area contributed by atoms with Gasteiger partial charge in [-0.05, 0) is 24.3 Å². The van der Waals surface area contributed by atoms with Crippen molar-refractivity contribution in [2.75, 3.05) is 12.8 Å². The third kappa shape index (κ3) is 8.77. The zero-order valence-corrected chi connectivity index (χ0v) is 9.65. The Morgan fingerprint density at radius 2 is 1.60 bits per heavy atom. The number of hydrogen-bond acceptors (Lipinski definition) is 4. The summed E-state index contributed by atoms with van der Waals surface area (Å²) in [5, 5.41) is 7.00. The third-order valence-electron chi connectivity index (χ3n) is 1.14. The molecule has 15 heavy (non-hydrogen) atoms. The molecule has 4 heteroatoms. The molecule has 0 aliphatic heterocycles. The quantitative estimate of drug-likeness (QED) is 0.424. The van der Waals surface area contributed by atoms with Crippen LogP contribution in [0.25, 0.3) is 0 Å². The van der Waals surface area contributed by atoms with E-state index in [9.17, 15) is 4.79 Å². The van der Waals surface area contributed by atoms with Crippen molar-refractivity contribution >= 4 is 11.7 Å². The first-order chi connectivity index (χ1) is 7.18. The van der Waals surface area contributed by atoms with E-state index in [4.69, 9.17) is 15.6 Å². The molecule has 1 aromatic rings. The van der Waals surface area contributed by atoms with Gasteiger partial charge in [0.05, 0.1) is 0 Å². The van der Waals surface area contributed by atoms with Gasteiger partial charge in [-0.15, -0.1) is 0 Å². The fraction of sp³-hybridized carbons (Fsp3) is 0.364. The van der Waals surface area contributed by atoms with Gasteiger partial charge in [-0.25, -0.2) is 0 Å². The minimum absolute atomic E-state index is 0.324. The number of rotatable bonds is 1. The number of anilines is 1. The van der Waals surface area contributed by atoms with E-state index in [-0.39, 0.29) is 5.97 Å². The zero-order chi connectivity index (χ0) is 12.3. The van der Waals surface area contributed by atoms with Crippen LogP contribution in [0.4, 0.5) is 5.69 Å². The van der Waals surface area contributed by atoms with Gasteiger partial charge in [0.25, 0.3) is 0 Å². The molecular weight excluding hydrogens is 194 g/mol. The van der Waals surface area contributed by atoms with Crippen LogP contribution < -0.4 is 10.5 Å². The van der Waals surface area contributed by atoms with E-state index >= 15 is 0 Å². The highest BCUT2D eigenvalue weighted by atomic mass is 16.5. The van der Waals surface area contributed by atoms with Gasteiger partial charge in [-0.1, -0.05) is 13.8 Å². The van der Waals surface area contributed by atoms with Crippen molar-refractivity contribution in [3.8, 4) is 5.75 Å². The molecule has 4 nitrogen and oxygen atoms in total. The lowest BCUT2D eigenvalue weighted by atomic mass is 10.3. The smallest absolute Gasteiger partial charge is 0.308 e. The number of esters is 1. The van der Waals surface area contributed by atoms with Crippen molar-refractivity contribution in [1.82, 2.24) is 0 Å². The summed E-state index contributed by atoms with van der Waals surface area (Å²) in [4.78, 5) is 10.4. The molecule has 0 aromatic heterocycles. The minimum Gasteiger partial charge on any atom is -0.427 e. The van der Waals surface area contributed by atoms with Crippen molar-refractivity contribution in [3.63, 3.8) is 0 Å². The SMILES string of the molecule is CC.CC(=O)Oc1ccc(N)cc1.CO. The van der Waals surface area contributed by atoms with Crippen LogP contribution >= 0.6 is 0 Å². The molecule has 0 saturated heterocycles. The number of nitrogen functional groups attached to an aromatic ring is 1. The van der Waals surface area contributed by atoms with Crippen molar-refractivity contribution in [1.29, 1.82) is 0 Å². The first-order valence-electron chi connectivity index (χ1n) is 4.67. The summed E-state index contributed by atoms with van der Waals surface area (Å²) in [7, 11) is 1.00. The first kappa shape index (κ1) is 15.9. The normalized spacial score (nSPS) is 7.53. The Hall–Kier alpha value is -1.55. The highest BCUT2D eigenvalue weighted by molar-refractivity contribution is 5.69. The number of hydrogen-bond donors (Lipinski definition) is 2. The second-order valence-electron chi connectivity index (χ2n) is 2.16. The lowest BCUT2D eigenvalue weighted by Gasteiger charge is -1.99. The molecular formula is C11H19NO3. The number of benzene rings is 1. The second-order valence-corrected chi connectivity index (χ2v) is 2.16. The Balaban J connectivity index is 0. The number of aliphatic hydroxyl groups excluding tert-OH is 1. The maximum atomic E-state index is 10.4. The van der Waals surface area contributed by atoms with Crippen molar-refractivity contribution < 1.29 is 14.6 Å². The molecule has 0 aliphatic carbocycles. The number of aliphatic hydroxyl groups is 1. The van der Waals surface area contributed by atoms with E-state index in [1.807, 2.05) is 13.8 Å². The van der Waals surface area contributed by atoms with Crippen LogP contribution in [-0.4, -0.2) is 18.2 Å². The van der Waals surface area contributed by atoms with E-state index in [1.54, 1.807) is 24.3 Å². The van der Waals surface area contributed by atoms with Crippen LogP contribution in [0.2, 0.25) is 0 Å². The highest BCUT2D eigenvalue weighted by Crippen LogP contribution is 2.12. The Morgan fingerprint density at radius 1 is 1.20 bits per heavy atom. The Labute approximate surface area is 90.7 Å². The molecule has 3 N–H and O–H groups in total. The topological polar surface area (TPSA) is 72.5 Å². The molecule has 1 rings (SSSR count). The average Bonchev–Trinajstić information content (AvgIpc) is 2.27. The zero-order valence-electron chi connectivity index (χ0n) is 9.65. The summed E-state index contributed by atoms with van der Waals surface area (Å²) >= 11 is 0. The monoisotopic (exact) mass is 213 g/mol. The molecule has 0 heterocycles. The van der Waals surface area contributed by atoms with Gasteiger partial charge in [-0.3, -0.25) is 4.79 Å². The molecule has 0 fully saturated rings. The number of nitrogens with two attached hydrogens (primary N) is 1. The third-order valence-corrected chi connectivity index (χ3v) is 1.14. The van der Waals surface area contributed by atoms with Gasteiger partial charge >= 0.3 is 5.97 Å². The summed E-state index contributed by atoms with van der Waals surface area (Å²) in [5.74, 6) is 0.196. The molecule has 86 valence electrons. The first-order valence-corrected chi connectivity index (χ1v) is 4.67. The Kier molecular flexibility index (Phi) is 11.2. The molecule has 0 bridgehead atoms. The van der Waals surface area contributed by atoms with E-state index < -0.39 is 0 Å². The van der Waals surface area contributed by atoms with Crippen LogP contribution in [0.5, 0.6) is 5.75 Å². The Bertz CT molecular complexity index is 257. The molecule has 0 unspecified atom stereocenters. The lowest BCUT2D eigenvalue weighted by Crippen LogP contribution is -2.00. The summed E-state index contributed by atoms with van der Waals surface area (Å²) < 4.78 is 4.77. The van der Waals surface area contributed by atoms with Gasteiger partial charge in [0, 0.05) is 19.7 Å². The fourth-order valence-electron chi connectivity index (χ4n) is 0.702. The van der Waals surface area contributed by atoms with Crippen LogP contribution in [0, 0.1) is 0 Å². The van der Waals surface area contributed by atoms with E-state index in [0.717, 1.165) is 7.11 Å². The molecule has 0 radical (unpaired) electrons. The lowest BCUT2D eigenvalue weighted by molar-refractivity contribution is -0.131. The summed E-state index contributed by atoms with van der Waals surface area (Å²) in [6.07, 6.45) is 0. The van der Waals surface area contributed by atoms with Gasteiger partial charge in [0.2, 0.25) is 0 Å². The molecule has 0 saturated carbocycles. The van der Waals surface area contributed by atoms with Crippen molar-refractivity contribution in [3.05, 3.63) is 24.3 Å². The fourth-order valence-corrected chi connectivity index (χ4v) is 0.702. The molecule has 0 amide bonds. The van der Waals surface area contributed by atoms with E-state index in [2.05, 4.69) is 0 Å². The molecule has 0 aliphatic rings. The highest BCUT2D eigenvalue weighted by Gasteiger charge is 1.95. The van der Waals surface area contributed by atoms with Gasteiger partial charge in [-0.2, -0.15) is 0 Å². The average molecular weight is 213 g/mol. The van der Waals surface area contributed by atoms with Gasteiger partial charge in [0.15, 0.2) is 0 Å². The standard InChI is InChI=1S/C8H9NO2.C2H6.CH4O/c1-6(10)11-8-4-2-7(9)3-5-8;2*1-2/h2-5H,9H2,1H3;1-2H3;2H,1H3. The van der Waals surface area contributed by atoms with Gasteiger partial charge in [0.1, 0.15) is 5.75 Å². The largest absolute Gasteiger partial charge is 0.427 e. The predicted molar refractivity (Wildman–Crippen MR) is 61.7 cm³/mol. The van der Waals surface area contributed by atoms with Crippen LogP contribution in [0.15, 0.2) is 24.3 Å². The maximum absolute atomic E-state index is 10.4. The van der Waals surface area contributed by atoms with Crippen molar-refractivity contribution in [2.45, 2.75) is 20.8 Å². The Morgan fingerprint density at radius 3 is 1.93 bits per heavy atom. The van der Waals surface area contributed by atoms with Crippen LogP contribution in [-0.2, 0) is 4.79 Å². The van der Waals surface area contributed by atoms with Crippen LogP contribution in [0.3, 0.4) is 0 Å². The van der Waals surface area contributed by atoms with E-state index in [1.165, 1.54) is 6.92 Å². The maximum Gasteiger partial charge on any atom is 0.308 e. The summed E-state index contributed by atoms with van der Waals surface area (Å²) in [6, 6.07) is 6.66. The number of ether oxygens (including phenoxy) is 1. The number of carbonyl (C=O) groups is 1. The van der Waals surface area contributed by atoms with Crippen LogP contribution in [0.1, 0.15) is 20.8 Å². The second kappa shape index (κ2) is 10.5. The predicted octanol–water partition coefficient (Wildman–Crippen LogP) is 1.83. The van der Waals surface area contributed by atoms with E-state index in [0.29, 0.717) is 11.4 Å². The molecule has 0 spiro atoms. The summed E-state index contributed by atoms with van der Waals surface area (Å²) in [6.45, 7) is 5.36. The molecule has 0 atom stereocenters. The number of carbonyl (C=O) groups excluding carboxylic acids is 1. The van der Waals surface area contributed by atoms with Gasteiger partial charge < -0.3 is 15.6 Å². The summed E-state index contributed by atoms with van der Waals surface area (Å²) in [5.41, 5.74) is 6.07. The van der Waals surface area contributed by atoms with Crippen molar-refractivity contribution in [2.24, 2.45) is 0 Å². The minimum atomic E-state index is -0.324.